The van der Waals surface area contributed by atoms with E-state index in [2.05, 4.69) is 23.5 Å². The van der Waals surface area contributed by atoms with Crippen molar-refractivity contribution in [2.45, 2.75) is 13.1 Å². The molecule has 2 N–H and O–H groups in total. The Hall–Kier alpha value is -2.20. The third kappa shape index (κ3) is 2.86. The fourth-order valence-corrected chi connectivity index (χ4v) is 2.27. The van der Waals surface area contributed by atoms with Gasteiger partial charge in [0.25, 0.3) is 0 Å². The van der Waals surface area contributed by atoms with Crippen molar-refractivity contribution in [3.8, 4) is 17.2 Å². The smallest absolute Gasteiger partial charge is 0.231 e. The maximum absolute atomic E-state index is 5.38. The molecule has 20 heavy (non-hydrogen) atoms. The second-order valence-electron chi connectivity index (χ2n) is 4.74. The van der Waals surface area contributed by atoms with Crippen molar-refractivity contribution in [3.63, 3.8) is 0 Å². The molecule has 1 aliphatic heterocycles. The van der Waals surface area contributed by atoms with Gasteiger partial charge in [-0.2, -0.15) is 0 Å². The Morgan fingerprint density at radius 2 is 1.80 bits per heavy atom. The number of hydrogen-bond acceptors (Lipinski definition) is 3. The van der Waals surface area contributed by atoms with E-state index in [0.717, 1.165) is 30.3 Å². The maximum Gasteiger partial charge on any atom is 0.231 e. The lowest BCUT2D eigenvalue weighted by molar-refractivity contribution is -0.686. The Balaban J connectivity index is 1.57. The lowest BCUT2D eigenvalue weighted by Gasteiger charge is -2.05. The van der Waals surface area contributed by atoms with Gasteiger partial charge in [-0.1, -0.05) is 12.1 Å². The normalized spacial score (nSPS) is 12.4. The number of nitrogens with two attached hydrogens (primary N) is 1. The highest BCUT2D eigenvalue weighted by Crippen LogP contribution is 2.32. The Labute approximate surface area is 118 Å². The molecule has 0 amide bonds. The Bertz CT molecular complexity index is 598. The van der Waals surface area contributed by atoms with Crippen LogP contribution in [-0.2, 0) is 13.1 Å². The number of methoxy groups -OCH3 is 1. The summed E-state index contributed by atoms with van der Waals surface area (Å²) in [6.07, 6.45) is 0. The van der Waals surface area contributed by atoms with Crippen molar-refractivity contribution in [2.75, 3.05) is 13.9 Å². The first-order chi connectivity index (χ1) is 9.85. The molecule has 0 bridgehead atoms. The lowest BCUT2D eigenvalue weighted by atomic mass is 10.2. The van der Waals surface area contributed by atoms with Crippen LogP contribution in [0.4, 0.5) is 0 Å². The molecule has 0 fully saturated rings. The first-order valence-corrected chi connectivity index (χ1v) is 6.68. The Morgan fingerprint density at radius 3 is 2.65 bits per heavy atom. The van der Waals surface area contributed by atoms with Gasteiger partial charge in [-0.3, -0.25) is 0 Å². The van der Waals surface area contributed by atoms with Crippen LogP contribution in [0.25, 0.3) is 0 Å². The molecule has 0 saturated carbocycles. The zero-order chi connectivity index (χ0) is 13.8. The minimum Gasteiger partial charge on any atom is -0.497 e. The molecule has 0 saturated heterocycles. The molecule has 0 aromatic heterocycles. The highest BCUT2D eigenvalue weighted by Gasteiger charge is 2.13. The average Bonchev–Trinajstić information content (AvgIpc) is 2.95. The summed E-state index contributed by atoms with van der Waals surface area (Å²) in [5, 5.41) is 2.26. The second kappa shape index (κ2) is 5.84. The van der Waals surface area contributed by atoms with Crippen molar-refractivity contribution < 1.29 is 19.5 Å². The van der Waals surface area contributed by atoms with Crippen molar-refractivity contribution in [3.05, 3.63) is 53.6 Å². The first-order valence-electron chi connectivity index (χ1n) is 6.68. The zero-order valence-electron chi connectivity index (χ0n) is 11.5. The van der Waals surface area contributed by atoms with E-state index in [0.29, 0.717) is 6.79 Å². The summed E-state index contributed by atoms with van der Waals surface area (Å²) >= 11 is 0. The van der Waals surface area contributed by atoms with E-state index in [1.807, 2.05) is 24.3 Å². The van der Waals surface area contributed by atoms with E-state index >= 15 is 0 Å². The van der Waals surface area contributed by atoms with Crippen molar-refractivity contribution in [1.82, 2.24) is 0 Å². The van der Waals surface area contributed by atoms with Crippen LogP contribution in [0.15, 0.2) is 42.5 Å². The molecule has 1 aliphatic rings. The average molecular weight is 272 g/mol. The van der Waals surface area contributed by atoms with Gasteiger partial charge in [0.1, 0.15) is 18.8 Å². The molecule has 104 valence electrons. The van der Waals surface area contributed by atoms with Crippen LogP contribution in [0, 0.1) is 0 Å². The number of benzene rings is 2. The number of ether oxygens (including phenoxy) is 3. The van der Waals surface area contributed by atoms with Crippen LogP contribution in [0.5, 0.6) is 17.2 Å². The van der Waals surface area contributed by atoms with Gasteiger partial charge in [0.15, 0.2) is 11.5 Å². The molecule has 4 nitrogen and oxygen atoms in total. The molecule has 0 unspecified atom stereocenters. The van der Waals surface area contributed by atoms with Crippen LogP contribution in [-0.4, -0.2) is 13.9 Å². The van der Waals surface area contributed by atoms with Gasteiger partial charge in [0, 0.05) is 11.1 Å². The SMILES string of the molecule is COc1cccc(C[NH2+]Cc2ccc3c(c2)OCO3)c1. The molecule has 0 atom stereocenters. The van der Waals surface area contributed by atoms with Crippen LogP contribution < -0.4 is 19.5 Å². The topological polar surface area (TPSA) is 44.3 Å². The molecular formula is C16H18NO3+. The van der Waals surface area contributed by atoms with Crippen LogP contribution in [0.3, 0.4) is 0 Å². The standard InChI is InChI=1S/C16H17NO3/c1-18-14-4-2-3-12(7-14)9-17-10-13-5-6-15-16(8-13)20-11-19-15/h2-8,17H,9-11H2,1H3/p+1. The van der Waals surface area contributed by atoms with Gasteiger partial charge < -0.3 is 19.5 Å². The summed E-state index contributed by atoms with van der Waals surface area (Å²) in [5.41, 5.74) is 2.49. The number of quaternary nitrogens is 1. The van der Waals surface area contributed by atoms with E-state index in [1.165, 1.54) is 11.1 Å². The summed E-state index contributed by atoms with van der Waals surface area (Å²) in [6, 6.07) is 14.2. The summed E-state index contributed by atoms with van der Waals surface area (Å²) < 4.78 is 15.9. The predicted molar refractivity (Wildman–Crippen MR) is 74.9 cm³/mol. The van der Waals surface area contributed by atoms with Gasteiger partial charge in [0.05, 0.1) is 7.11 Å². The highest BCUT2D eigenvalue weighted by molar-refractivity contribution is 5.44. The summed E-state index contributed by atoms with van der Waals surface area (Å²) in [5.74, 6) is 2.58. The van der Waals surface area contributed by atoms with Gasteiger partial charge >= 0.3 is 0 Å². The molecule has 3 rings (SSSR count). The second-order valence-corrected chi connectivity index (χ2v) is 4.74. The Morgan fingerprint density at radius 1 is 1.00 bits per heavy atom. The fourth-order valence-electron chi connectivity index (χ4n) is 2.27. The van der Waals surface area contributed by atoms with E-state index in [4.69, 9.17) is 14.2 Å². The molecular weight excluding hydrogens is 254 g/mol. The molecule has 0 aliphatic carbocycles. The van der Waals surface area contributed by atoms with Gasteiger partial charge in [-0.15, -0.1) is 0 Å². The largest absolute Gasteiger partial charge is 0.497 e. The van der Waals surface area contributed by atoms with E-state index in [-0.39, 0.29) is 0 Å². The van der Waals surface area contributed by atoms with E-state index < -0.39 is 0 Å². The maximum atomic E-state index is 5.38. The summed E-state index contributed by atoms with van der Waals surface area (Å²) in [7, 11) is 1.69. The Kier molecular flexibility index (Phi) is 3.74. The molecule has 2 aromatic rings. The minimum absolute atomic E-state index is 0.326. The fraction of sp³-hybridized carbons (Fsp3) is 0.250. The molecule has 1 heterocycles. The van der Waals surface area contributed by atoms with E-state index in [9.17, 15) is 0 Å². The summed E-state index contributed by atoms with van der Waals surface area (Å²) in [6.45, 7) is 2.16. The number of rotatable bonds is 5. The van der Waals surface area contributed by atoms with Crippen molar-refractivity contribution in [1.29, 1.82) is 0 Å². The quantitative estimate of drug-likeness (QED) is 0.901. The number of hydrogen-bond donors (Lipinski definition) is 1. The molecule has 2 aromatic carbocycles. The van der Waals surface area contributed by atoms with Gasteiger partial charge in [-0.05, 0) is 30.3 Å². The first kappa shape index (κ1) is 12.8. The number of fused-ring (bicyclic) bond motifs is 1. The van der Waals surface area contributed by atoms with Crippen molar-refractivity contribution >= 4 is 0 Å². The van der Waals surface area contributed by atoms with Gasteiger partial charge in [-0.25, -0.2) is 0 Å². The van der Waals surface area contributed by atoms with Crippen LogP contribution in [0.1, 0.15) is 11.1 Å². The van der Waals surface area contributed by atoms with Crippen molar-refractivity contribution in [2.24, 2.45) is 0 Å². The van der Waals surface area contributed by atoms with Crippen LogP contribution in [0.2, 0.25) is 0 Å². The molecule has 0 radical (unpaired) electrons. The molecule has 0 spiro atoms. The van der Waals surface area contributed by atoms with E-state index in [1.54, 1.807) is 7.11 Å². The van der Waals surface area contributed by atoms with Crippen LogP contribution >= 0.6 is 0 Å². The lowest BCUT2D eigenvalue weighted by Crippen LogP contribution is -2.80. The highest BCUT2D eigenvalue weighted by atomic mass is 16.7. The van der Waals surface area contributed by atoms with Gasteiger partial charge in [0.2, 0.25) is 6.79 Å². The third-order valence-electron chi connectivity index (χ3n) is 3.33. The third-order valence-corrected chi connectivity index (χ3v) is 3.33. The zero-order valence-corrected chi connectivity index (χ0v) is 11.5. The monoisotopic (exact) mass is 272 g/mol. The predicted octanol–water partition coefficient (Wildman–Crippen LogP) is 1.69. The minimum atomic E-state index is 0.326. The molecule has 4 heteroatoms. The summed E-state index contributed by atoms with van der Waals surface area (Å²) in [4.78, 5) is 0.